The highest BCUT2D eigenvalue weighted by atomic mass is 32.2. The van der Waals surface area contributed by atoms with Gasteiger partial charge < -0.3 is 9.47 Å². The molecule has 6 heteroatoms. The molecule has 0 bridgehead atoms. The summed E-state index contributed by atoms with van der Waals surface area (Å²) in [5.41, 5.74) is 0.713. The van der Waals surface area contributed by atoms with Crippen LogP contribution in [0.5, 0.6) is 11.5 Å². The van der Waals surface area contributed by atoms with Crippen molar-refractivity contribution in [3.8, 4) is 11.5 Å². The van der Waals surface area contributed by atoms with Crippen LogP contribution in [0.1, 0.15) is 20.7 Å². The Morgan fingerprint density at radius 3 is 1.18 bits per heavy atom. The molecule has 28 heavy (non-hydrogen) atoms. The van der Waals surface area contributed by atoms with Crippen molar-refractivity contribution in [3.63, 3.8) is 0 Å². The molecule has 0 saturated heterocycles. The van der Waals surface area contributed by atoms with Crippen molar-refractivity contribution in [2.75, 3.05) is 12.5 Å². The average Bonchev–Trinajstić information content (AvgIpc) is 2.75. The minimum absolute atomic E-state index is 0.356. The van der Waals surface area contributed by atoms with Crippen molar-refractivity contribution in [3.05, 3.63) is 83.9 Å². The Morgan fingerprint density at radius 1 is 0.571 bits per heavy atom. The summed E-state index contributed by atoms with van der Waals surface area (Å²) < 4.78 is 10.7. The first-order chi connectivity index (χ1) is 13.6. The molecular formula is C22H18O4S2. The number of hydrogen-bond acceptors (Lipinski definition) is 6. The van der Waals surface area contributed by atoms with E-state index in [0.717, 1.165) is 9.79 Å². The van der Waals surface area contributed by atoms with Gasteiger partial charge in [-0.05, 0) is 85.3 Å². The lowest BCUT2D eigenvalue weighted by molar-refractivity contribution is 0.0720. The second-order valence-electron chi connectivity index (χ2n) is 5.71. The van der Waals surface area contributed by atoms with Crippen LogP contribution in [0, 0.1) is 0 Å². The molecule has 0 fully saturated rings. The van der Waals surface area contributed by atoms with E-state index in [0.29, 0.717) is 22.6 Å². The number of esters is 2. The van der Waals surface area contributed by atoms with E-state index in [1.807, 2.05) is 36.8 Å². The van der Waals surface area contributed by atoms with Crippen molar-refractivity contribution in [1.82, 2.24) is 0 Å². The molecule has 3 aromatic rings. The fraction of sp³-hybridized carbons (Fsp3) is 0.0909. The molecule has 0 spiro atoms. The fourth-order valence-corrected chi connectivity index (χ4v) is 3.18. The van der Waals surface area contributed by atoms with E-state index in [9.17, 15) is 9.59 Å². The predicted octanol–water partition coefficient (Wildman–Crippen LogP) is 5.57. The third-order valence-corrected chi connectivity index (χ3v) is 5.38. The molecule has 0 unspecified atom stereocenters. The van der Waals surface area contributed by atoms with E-state index < -0.39 is 11.9 Å². The molecular weight excluding hydrogens is 392 g/mol. The Hall–Kier alpha value is -2.70. The Kier molecular flexibility index (Phi) is 6.79. The van der Waals surface area contributed by atoms with E-state index in [2.05, 4.69) is 0 Å². The first kappa shape index (κ1) is 20.0. The molecule has 0 aromatic heterocycles. The maximum absolute atomic E-state index is 12.3. The summed E-state index contributed by atoms with van der Waals surface area (Å²) in [6.45, 7) is 0. The number of benzene rings is 3. The van der Waals surface area contributed by atoms with Crippen LogP contribution < -0.4 is 9.47 Å². The summed E-state index contributed by atoms with van der Waals surface area (Å²) in [6, 6.07) is 20.7. The summed E-state index contributed by atoms with van der Waals surface area (Å²) in [6.07, 6.45) is 3.96. The normalized spacial score (nSPS) is 10.4. The SMILES string of the molecule is CSc1ccc(OC(=O)c2ccc(C(=O)Oc3ccc(SC)cc3)cc2)cc1. The first-order valence-electron chi connectivity index (χ1n) is 8.41. The van der Waals surface area contributed by atoms with Gasteiger partial charge in [0, 0.05) is 9.79 Å². The third-order valence-electron chi connectivity index (χ3n) is 3.90. The summed E-state index contributed by atoms with van der Waals surface area (Å²) in [5.74, 6) is -0.0195. The van der Waals surface area contributed by atoms with Crippen LogP contribution in [0.3, 0.4) is 0 Å². The summed E-state index contributed by atoms with van der Waals surface area (Å²) >= 11 is 3.23. The number of carbonyl (C=O) groups excluding carboxylic acids is 2. The summed E-state index contributed by atoms with van der Waals surface area (Å²) in [5, 5.41) is 0. The molecule has 0 aliphatic heterocycles. The highest BCUT2D eigenvalue weighted by molar-refractivity contribution is 7.98. The zero-order valence-corrected chi connectivity index (χ0v) is 17.0. The lowest BCUT2D eigenvalue weighted by Crippen LogP contribution is -2.11. The third kappa shape index (κ3) is 5.18. The Bertz CT molecular complexity index is 869. The maximum atomic E-state index is 12.3. The van der Waals surface area contributed by atoms with Crippen LogP contribution in [0.4, 0.5) is 0 Å². The van der Waals surface area contributed by atoms with Gasteiger partial charge in [0.15, 0.2) is 0 Å². The molecule has 0 radical (unpaired) electrons. The van der Waals surface area contributed by atoms with Gasteiger partial charge in [0.2, 0.25) is 0 Å². The van der Waals surface area contributed by atoms with Crippen LogP contribution in [-0.2, 0) is 0 Å². The van der Waals surface area contributed by atoms with Gasteiger partial charge in [-0.25, -0.2) is 9.59 Å². The van der Waals surface area contributed by atoms with Gasteiger partial charge >= 0.3 is 11.9 Å². The van der Waals surface area contributed by atoms with Crippen molar-refractivity contribution < 1.29 is 19.1 Å². The lowest BCUT2D eigenvalue weighted by atomic mass is 10.1. The monoisotopic (exact) mass is 410 g/mol. The van der Waals surface area contributed by atoms with E-state index >= 15 is 0 Å². The molecule has 0 N–H and O–H groups in total. The highest BCUT2D eigenvalue weighted by Crippen LogP contribution is 2.21. The first-order valence-corrected chi connectivity index (χ1v) is 10.9. The quantitative estimate of drug-likeness (QED) is 0.301. The number of hydrogen-bond donors (Lipinski definition) is 0. The molecule has 142 valence electrons. The largest absolute Gasteiger partial charge is 0.423 e. The van der Waals surface area contributed by atoms with Crippen LogP contribution in [0.25, 0.3) is 0 Å². The highest BCUT2D eigenvalue weighted by Gasteiger charge is 2.12. The van der Waals surface area contributed by atoms with Gasteiger partial charge in [0.05, 0.1) is 11.1 Å². The van der Waals surface area contributed by atoms with Crippen molar-refractivity contribution in [1.29, 1.82) is 0 Å². The van der Waals surface area contributed by atoms with E-state index in [4.69, 9.17) is 9.47 Å². The molecule has 0 aliphatic rings. The van der Waals surface area contributed by atoms with Crippen LogP contribution >= 0.6 is 23.5 Å². The Morgan fingerprint density at radius 2 is 0.893 bits per heavy atom. The smallest absolute Gasteiger partial charge is 0.343 e. The van der Waals surface area contributed by atoms with Crippen molar-refractivity contribution in [2.24, 2.45) is 0 Å². The van der Waals surface area contributed by atoms with E-state index in [1.54, 1.807) is 72.1 Å². The van der Waals surface area contributed by atoms with Gasteiger partial charge in [-0.2, -0.15) is 0 Å². The average molecular weight is 411 g/mol. The summed E-state index contributed by atoms with van der Waals surface area (Å²) in [4.78, 5) is 26.7. The van der Waals surface area contributed by atoms with Crippen molar-refractivity contribution in [2.45, 2.75) is 9.79 Å². The minimum Gasteiger partial charge on any atom is -0.423 e. The topological polar surface area (TPSA) is 52.6 Å². The molecule has 0 aliphatic carbocycles. The predicted molar refractivity (Wildman–Crippen MR) is 113 cm³/mol. The number of carbonyl (C=O) groups is 2. The minimum atomic E-state index is -0.482. The van der Waals surface area contributed by atoms with Gasteiger partial charge in [-0.1, -0.05) is 0 Å². The summed E-state index contributed by atoms with van der Waals surface area (Å²) in [7, 11) is 0. The van der Waals surface area contributed by atoms with Crippen LogP contribution in [0.15, 0.2) is 82.6 Å². The Balaban J connectivity index is 1.62. The van der Waals surface area contributed by atoms with Crippen LogP contribution in [-0.4, -0.2) is 24.5 Å². The van der Waals surface area contributed by atoms with E-state index in [-0.39, 0.29) is 0 Å². The van der Waals surface area contributed by atoms with Crippen molar-refractivity contribution >= 4 is 35.5 Å². The molecule has 3 aromatic carbocycles. The maximum Gasteiger partial charge on any atom is 0.343 e. The molecule has 0 amide bonds. The second-order valence-corrected chi connectivity index (χ2v) is 7.47. The van der Waals surface area contributed by atoms with Gasteiger partial charge in [-0.3, -0.25) is 0 Å². The molecule has 4 nitrogen and oxygen atoms in total. The molecule has 0 atom stereocenters. The zero-order chi connectivity index (χ0) is 19.9. The lowest BCUT2D eigenvalue weighted by Gasteiger charge is -2.07. The number of thioether (sulfide) groups is 2. The fourth-order valence-electron chi connectivity index (χ4n) is 2.36. The second kappa shape index (κ2) is 9.48. The van der Waals surface area contributed by atoms with Gasteiger partial charge in [0.1, 0.15) is 11.5 Å². The number of ether oxygens (including phenoxy) is 2. The van der Waals surface area contributed by atoms with E-state index in [1.165, 1.54) is 0 Å². The molecule has 0 saturated carbocycles. The molecule has 0 heterocycles. The molecule has 3 rings (SSSR count). The van der Waals surface area contributed by atoms with Crippen LogP contribution in [0.2, 0.25) is 0 Å². The van der Waals surface area contributed by atoms with Gasteiger partial charge in [0.25, 0.3) is 0 Å². The zero-order valence-electron chi connectivity index (χ0n) is 15.4. The van der Waals surface area contributed by atoms with Gasteiger partial charge in [-0.15, -0.1) is 23.5 Å². The standard InChI is InChI=1S/C22H18O4S2/c1-27-19-11-7-17(8-12-19)25-21(23)15-3-5-16(6-4-15)22(24)26-18-9-13-20(28-2)14-10-18/h3-14H,1-2H3. The Labute approximate surface area is 172 Å². The number of rotatable bonds is 6.